The van der Waals surface area contributed by atoms with Crippen LogP contribution in [0.15, 0.2) is 34.8 Å². The zero-order valence-corrected chi connectivity index (χ0v) is 11.4. The van der Waals surface area contributed by atoms with Crippen LogP contribution in [0, 0.1) is 5.82 Å². The summed E-state index contributed by atoms with van der Waals surface area (Å²) in [6.07, 6.45) is -4.52. The Morgan fingerprint density at radius 2 is 1.85 bits per heavy atom. The predicted octanol–water partition coefficient (Wildman–Crippen LogP) is 4.33. The summed E-state index contributed by atoms with van der Waals surface area (Å²) in [6.45, 7) is 0. The number of nitrogens with one attached hydrogen (secondary N) is 1. The van der Waals surface area contributed by atoms with Crippen molar-refractivity contribution in [3.63, 3.8) is 0 Å². The summed E-state index contributed by atoms with van der Waals surface area (Å²) in [5, 5.41) is 2.65. The van der Waals surface area contributed by atoms with Crippen molar-refractivity contribution in [2.45, 2.75) is 6.18 Å². The second-order valence-corrected chi connectivity index (χ2v) is 4.77. The van der Waals surface area contributed by atoms with E-state index >= 15 is 0 Å². The number of nitrogens with zero attached hydrogens (tertiary/aromatic N) is 1. The molecule has 8 heteroatoms. The Labute approximate surface area is 119 Å². The van der Waals surface area contributed by atoms with E-state index in [2.05, 4.69) is 26.2 Å². The molecule has 20 heavy (non-hydrogen) atoms. The molecule has 2 aromatic rings. The van der Waals surface area contributed by atoms with Crippen molar-refractivity contribution < 1.29 is 17.6 Å². The lowest BCUT2D eigenvalue weighted by Gasteiger charge is -2.12. The van der Waals surface area contributed by atoms with Gasteiger partial charge in [-0.25, -0.2) is 9.37 Å². The maximum absolute atomic E-state index is 12.9. The van der Waals surface area contributed by atoms with E-state index in [4.69, 9.17) is 5.73 Å². The van der Waals surface area contributed by atoms with Crippen molar-refractivity contribution in [1.82, 2.24) is 4.98 Å². The average molecular weight is 350 g/mol. The minimum Gasteiger partial charge on any atom is -0.384 e. The third-order valence-electron chi connectivity index (χ3n) is 2.37. The molecular formula is C12H8BrF4N3. The highest BCUT2D eigenvalue weighted by Crippen LogP contribution is 2.33. The van der Waals surface area contributed by atoms with Gasteiger partial charge in [-0.2, -0.15) is 13.2 Å². The van der Waals surface area contributed by atoms with Crippen molar-refractivity contribution in [3.05, 3.63) is 46.2 Å². The number of aromatic nitrogens is 1. The number of rotatable bonds is 2. The van der Waals surface area contributed by atoms with Crippen molar-refractivity contribution >= 4 is 33.3 Å². The lowest BCUT2D eigenvalue weighted by Crippen LogP contribution is -2.08. The van der Waals surface area contributed by atoms with Gasteiger partial charge in [0.15, 0.2) is 0 Å². The summed E-state index contributed by atoms with van der Waals surface area (Å²) in [5.41, 5.74) is 4.81. The lowest BCUT2D eigenvalue weighted by atomic mass is 10.2. The van der Waals surface area contributed by atoms with Crippen LogP contribution in [0.2, 0.25) is 0 Å². The maximum atomic E-state index is 12.9. The largest absolute Gasteiger partial charge is 0.416 e. The zero-order chi connectivity index (χ0) is 14.9. The highest BCUT2D eigenvalue weighted by Gasteiger charge is 2.31. The number of pyridine rings is 1. The van der Waals surface area contributed by atoms with Gasteiger partial charge < -0.3 is 11.1 Å². The second kappa shape index (κ2) is 5.28. The van der Waals surface area contributed by atoms with E-state index in [1.165, 1.54) is 18.2 Å². The fourth-order valence-electron chi connectivity index (χ4n) is 1.51. The number of hydrogen-bond donors (Lipinski definition) is 2. The third-order valence-corrected chi connectivity index (χ3v) is 3.02. The lowest BCUT2D eigenvalue weighted by molar-refractivity contribution is -0.137. The number of alkyl halides is 3. The molecule has 1 aromatic carbocycles. The number of hydrogen-bond acceptors (Lipinski definition) is 3. The highest BCUT2D eigenvalue weighted by atomic mass is 79.9. The molecule has 1 heterocycles. The monoisotopic (exact) mass is 349 g/mol. The molecule has 0 aliphatic carbocycles. The Kier molecular flexibility index (Phi) is 3.85. The minimum absolute atomic E-state index is 0.0790. The molecule has 3 nitrogen and oxygen atoms in total. The zero-order valence-electron chi connectivity index (χ0n) is 9.80. The van der Waals surface area contributed by atoms with Crippen LogP contribution in [0.5, 0.6) is 0 Å². The Morgan fingerprint density at radius 3 is 2.45 bits per heavy atom. The van der Waals surface area contributed by atoms with Gasteiger partial charge >= 0.3 is 6.18 Å². The molecule has 0 bridgehead atoms. The van der Waals surface area contributed by atoms with Gasteiger partial charge in [0.05, 0.1) is 11.3 Å². The molecule has 0 unspecified atom stereocenters. The molecule has 0 aliphatic rings. The summed E-state index contributed by atoms with van der Waals surface area (Å²) in [4.78, 5) is 3.76. The van der Waals surface area contributed by atoms with Crippen molar-refractivity contribution in [3.8, 4) is 0 Å². The van der Waals surface area contributed by atoms with Gasteiger partial charge in [-0.15, -0.1) is 0 Å². The van der Waals surface area contributed by atoms with Crippen LogP contribution in [0.4, 0.5) is 34.9 Å². The van der Waals surface area contributed by atoms with Gasteiger partial charge in [0.1, 0.15) is 17.5 Å². The molecule has 3 N–H and O–H groups in total. The topological polar surface area (TPSA) is 50.9 Å². The quantitative estimate of drug-likeness (QED) is 0.793. The van der Waals surface area contributed by atoms with Gasteiger partial charge in [0, 0.05) is 4.47 Å². The Hall–Kier alpha value is -1.83. The van der Waals surface area contributed by atoms with E-state index in [0.29, 0.717) is 10.2 Å². The Morgan fingerprint density at radius 1 is 1.15 bits per heavy atom. The summed E-state index contributed by atoms with van der Waals surface area (Å²) in [7, 11) is 0. The summed E-state index contributed by atoms with van der Waals surface area (Å²) >= 11 is 3.10. The highest BCUT2D eigenvalue weighted by molar-refractivity contribution is 9.10. The first kappa shape index (κ1) is 14.6. The van der Waals surface area contributed by atoms with E-state index in [1.807, 2.05) is 0 Å². The van der Waals surface area contributed by atoms with Gasteiger partial charge in [0.2, 0.25) is 0 Å². The predicted molar refractivity (Wildman–Crippen MR) is 71.0 cm³/mol. The first-order valence-electron chi connectivity index (χ1n) is 5.32. The van der Waals surface area contributed by atoms with Crippen LogP contribution in [-0.2, 0) is 6.18 Å². The molecular weight excluding hydrogens is 342 g/mol. The fraction of sp³-hybridized carbons (Fsp3) is 0.0833. The van der Waals surface area contributed by atoms with Crippen LogP contribution < -0.4 is 11.1 Å². The van der Waals surface area contributed by atoms with E-state index in [0.717, 1.165) is 12.1 Å². The molecule has 1 aromatic heterocycles. The minimum atomic E-state index is -4.52. The summed E-state index contributed by atoms with van der Waals surface area (Å²) in [6, 6.07) is 5.29. The van der Waals surface area contributed by atoms with Crippen molar-refractivity contribution in [1.29, 1.82) is 0 Å². The summed E-state index contributed by atoms with van der Waals surface area (Å²) in [5.74, 6) is -0.816. The van der Waals surface area contributed by atoms with E-state index < -0.39 is 17.6 Å². The van der Waals surface area contributed by atoms with Crippen LogP contribution >= 0.6 is 15.9 Å². The standard InChI is InChI=1S/C12H8BrF4N3/c13-8-5-7(14)1-2-9(8)19-11-4-6(12(15,16)17)3-10(18)20-11/h1-5H,(H3,18,19,20). The molecule has 0 saturated carbocycles. The van der Waals surface area contributed by atoms with Gasteiger partial charge in [-0.3, -0.25) is 0 Å². The first-order valence-corrected chi connectivity index (χ1v) is 6.12. The SMILES string of the molecule is Nc1cc(C(F)(F)F)cc(Nc2ccc(F)cc2Br)n1. The Balaban J connectivity index is 2.36. The molecule has 0 spiro atoms. The summed E-state index contributed by atoms with van der Waals surface area (Å²) < 4.78 is 51.2. The third kappa shape index (κ3) is 3.38. The van der Waals surface area contributed by atoms with Crippen LogP contribution in [-0.4, -0.2) is 4.98 Å². The molecule has 0 atom stereocenters. The number of benzene rings is 1. The van der Waals surface area contributed by atoms with Crippen LogP contribution in [0.1, 0.15) is 5.56 Å². The van der Waals surface area contributed by atoms with Crippen LogP contribution in [0.3, 0.4) is 0 Å². The molecule has 0 amide bonds. The number of nitrogens with two attached hydrogens (primary N) is 1. The molecule has 0 aliphatic heterocycles. The fourth-order valence-corrected chi connectivity index (χ4v) is 1.96. The number of halogens is 5. The molecule has 0 radical (unpaired) electrons. The normalized spacial score (nSPS) is 11.4. The van der Waals surface area contributed by atoms with Gasteiger partial charge in [-0.05, 0) is 46.3 Å². The molecule has 106 valence electrons. The van der Waals surface area contributed by atoms with Crippen molar-refractivity contribution in [2.24, 2.45) is 0 Å². The second-order valence-electron chi connectivity index (χ2n) is 3.91. The van der Waals surface area contributed by atoms with Crippen molar-refractivity contribution in [2.75, 3.05) is 11.1 Å². The first-order chi connectivity index (χ1) is 9.25. The average Bonchev–Trinajstić information content (AvgIpc) is 2.31. The Bertz CT molecular complexity index is 643. The van der Waals surface area contributed by atoms with E-state index in [-0.39, 0.29) is 11.6 Å². The smallest absolute Gasteiger partial charge is 0.384 e. The van der Waals surface area contributed by atoms with Gasteiger partial charge in [-0.1, -0.05) is 0 Å². The molecule has 2 rings (SSSR count). The molecule has 0 saturated heterocycles. The number of anilines is 3. The van der Waals surface area contributed by atoms with Crippen LogP contribution in [0.25, 0.3) is 0 Å². The number of nitrogen functional groups attached to an aromatic ring is 1. The van der Waals surface area contributed by atoms with E-state index in [9.17, 15) is 17.6 Å². The molecule has 0 fully saturated rings. The van der Waals surface area contributed by atoms with Gasteiger partial charge in [0.25, 0.3) is 0 Å². The van der Waals surface area contributed by atoms with E-state index in [1.54, 1.807) is 0 Å². The maximum Gasteiger partial charge on any atom is 0.416 e.